The maximum Gasteiger partial charge on any atom is 0.0458 e. The van der Waals surface area contributed by atoms with Crippen molar-refractivity contribution in [1.82, 2.24) is 10.2 Å². The smallest absolute Gasteiger partial charge is 0.0458 e. The largest absolute Gasteiger partial charge is 0.312 e. The van der Waals surface area contributed by atoms with Crippen molar-refractivity contribution in [3.8, 4) is 0 Å². The van der Waals surface area contributed by atoms with Gasteiger partial charge in [-0.25, -0.2) is 0 Å². The Morgan fingerprint density at radius 2 is 1.79 bits per heavy atom. The van der Waals surface area contributed by atoms with Crippen LogP contribution >= 0.6 is 0 Å². The molecule has 0 aromatic heterocycles. The number of nitrogens with zero attached hydrogens (tertiary/aromatic N) is 1. The predicted molar refractivity (Wildman–Crippen MR) is 85.6 cm³/mol. The fourth-order valence-electron chi connectivity index (χ4n) is 3.69. The normalized spacial score (nSPS) is 19.8. The third-order valence-electron chi connectivity index (χ3n) is 4.77. The zero-order valence-electron chi connectivity index (χ0n) is 13.8. The van der Waals surface area contributed by atoms with Gasteiger partial charge >= 0.3 is 0 Å². The highest BCUT2D eigenvalue weighted by Gasteiger charge is 2.34. The molecule has 0 heterocycles. The second kappa shape index (κ2) is 8.06. The fraction of sp³-hybridized carbons (Fsp3) is 0.882. The van der Waals surface area contributed by atoms with Gasteiger partial charge in [-0.3, -0.25) is 4.90 Å². The predicted octanol–water partition coefficient (Wildman–Crippen LogP) is 3.98. The van der Waals surface area contributed by atoms with E-state index in [1.165, 1.54) is 38.5 Å². The number of hydrogen-bond acceptors (Lipinski definition) is 2. The summed E-state index contributed by atoms with van der Waals surface area (Å²) in [5, 5.41) is 3.60. The maximum atomic E-state index is 3.60. The average molecular weight is 266 g/mol. The van der Waals surface area contributed by atoms with Crippen LogP contribution in [0.5, 0.6) is 0 Å². The van der Waals surface area contributed by atoms with Gasteiger partial charge in [0.2, 0.25) is 0 Å². The molecule has 1 aliphatic carbocycles. The molecule has 1 N–H and O–H groups in total. The van der Waals surface area contributed by atoms with E-state index < -0.39 is 0 Å². The summed E-state index contributed by atoms with van der Waals surface area (Å²) in [4.78, 5) is 2.58. The molecular formula is C17H34N2. The molecule has 0 bridgehead atoms. The van der Waals surface area contributed by atoms with Crippen molar-refractivity contribution in [3.05, 3.63) is 11.6 Å². The van der Waals surface area contributed by atoms with Crippen molar-refractivity contribution in [3.63, 3.8) is 0 Å². The molecule has 0 aliphatic heterocycles. The van der Waals surface area contributed by atoms with E-state index in [1.54, 1.807) is 5.57 Å². The highest BCUT2D eigenvalue weighted by molar-refractivity contribution is 5.18. The second-order valence-electron chi connectivity index (χ2n) is 6.28. The van der Waals surface area contributed by atoms with E-state index in [9.17, 15) is 0 Å². The second-order valence-corrected chi connectivity index (χ2v) is 6.28. The van der Waals surface area contributed by atoms with Crippen molar-refractivity contribution in [2.45, 2.75) is 77.8 Å². The van der Waals surface area contributed by atoms with Crippen LogP contribution in [-0.4, -0.2) is 36.6 Å². The van der Waals surface area contributed by atoms with Gasteiger partial charge in [-0.05, 0) is 59.7 Å². The van der Waals surface area contributed by atoms with Crippen LogP contribution in [0.2, 0.25) is 0 Å². The van der Waals surface area contributed by atoms with Gasteiger partial charge in [0.05, 0.1) is 0 Å². The SMILES string of the molecule is CCN(CC)C(C)(C)C(NC)C1=CCCCCCC1. The Morgan fingerprint density at radius 3 is 2.37 bits per heavy atom. The van der Waals surface area contributed by atoms with Gasteiger partial charge in [-0.1, -0.05) is 38.3 Å². The first-order chi connectivity index (χ1) is 9.07. The Hall–Kier alpha value is -0.340. The molecule has 2 nitrogen and oxygen atoms in total. The molecule has 0 saturated carbocycles. The molecule has 0 aromatic carbocycles. The maximum absolute atomic E-state index is 3.60. The summed E-state index contributed by atoms with van der Waals surface area (Å²) in [5.74, 6) is 0. The molecule has 1 aliphatic rings. The number of allylic oxidation sites excluding steroid dienone is 1. The van der Waals surface area contributed by atoms with Crippen molar-refractivity contribution in [2.75, 3.05) is 20.1 Å². The minimum atomic E-state index is 0.184. The Morgan fingerprint density at radius 1 is 1.16 bits per heavy atom. The van der Waals surface area contributed by atoms with Crippen LogP contribution in [0.4, 0.5) is 0 Å². The average Bonchev–Trinajstić information content (AvgIpc) is 2.33. The van der Waals surface area contributed by atoms with Gasteiger partial charge in [-0.2, -0.15) is 0 Å². The van der Waals surface area contributed by atoms with E-state index in [-0.39, 0.29) is 5.54 Å². The first kappa shape index (κ1) is 16.7. The van der Waals surface area contributed by atoms with Crippen LogP contribution < -0.4 is 5.32 Å². The molecule has 0 fully saturated rings. The van der Waals surface area contributed by atoms with Crippen molar-refractivity contribution >= 4 is 0 Å². The summed E-state index contributed by atoms with van der Waals surface area (Å²) >= 11 is 0. The molecule has 19 heavy (non-hydrogen) atoms. The lowest BCUT2D eigenvalue weighted by molar-refractivity contribution is 0.106. The third kappa shape index (κ3) is 4.32. The van der Waals surface area contributed by atoms with Gasteiger partial charge in [0.15, 0.2) is 0 Å². The van der Waals surface area contributed by atoms with Gasteiger partial charge in [0.25, 0.3) is 0 Å². The number of rotatable bonds is 6. The van der Waals surface area contributed by atoms with E-state index in [0.717, 1.165) is 13.1 Å². The van der Waals surface area contributed by atoms with Crippen LogP contribution in [0.1, 0.15) is 66.2 Å². The summed E-state index contributed by atoms with van der Waals surface area (Å²) in [7, 11) is 2.12. The number of hydrogen-bond donors (Lipinski definition) is 1. The molecule has 1 unspecified atom stereocenters. The highest BCUT2D eigenvalue weighted by Crippen LogP contribution is 2.28. The summed E-state index contributed by atoms with van der Waals surface area (Å²) in [6.07, 6.45) is 10.6. The molecule has 0 spiro atoms. The van der Waals surface area contributed by atoms with Crippen LogP contribution in [0.3, 0.4) is 0 Å². The van der Waals surface area contributed by atoms with E-state index >= 15 is 0 Å². The third-order valence-corrected chi connectivity index (χ3v) is 4.77. The highest BCUT2D eigenvalue weighted by atomic mass is 15.2. The zero-order valence-corrected chi connectivity index (χ0v) is 13.8. The first-order valence-corrected chi connectivity index (χ1v) is 8.19. The van der Waals surface area contributed by atoms with Gasteiger partial charge in [0, 0.05) is 11.6 Å². The lowest BCUT2D eigenvalue weighted by Crippen LogP contribution is -2.57. The zero-order chi connectivity index (χ0) is 14.3. The number of nitrogens with one attached hydrogen (secondary N) is 1. The Labute approximate surface area is 120 Å². The molecule has 0 amide bonds. The monoisotopic (exact) mass is 266 g/mol. The van der Waals surface area contributed by atoms with Crippen LogP contribution in [0.15, 0.2) is 11.6 Å². The first-order valence-electron chi connectivity index (χ1n) is 8.19. The van der Waals surface area contributed by atoms with E-state index in [4.69, 9.17) is 0 Å². The minimum absolute atomic E-state index is 0.184. The van der Waals surface area contributed by atoms with Gasteiger partial charge in [-0.15, -0.1) is 0 Å². The quantitative estimate of drug-likeness (QED) is 0.732. The Balaban J connectivity index is 2.90. The van der Waals surface area contributed by atoms with E-state index in [2.05, 4.69) is 51.0 Å². The van der Waals surface area contributed by atoms with Crippen LogP contribution in [-0.2, 0) is 0 Å². The Kier molecular flexibility index (Phi) is 7.09. The van der Waals surface area contributed by atoms with E-state index in [1.807, 2.05) is 0 Å². The Bertz CT molecular complexity index is 277. The summed E-state index contributed by atoms with van der Waals surface area (Å²) in [5.41, 5.74) is 1.82. The van der Waals surface area contributed by atoms with E-state index in [0.29, 0.717) is 6.04 Å². The molecule has 2 heteroatoms. The summed E-state index contributed by atoms with van der Waals surface area (Å²) in [6.45, 7) is 11.6. The molecule has 0 aromatic rings. The standard InChI is InChI=1S/C17H34N2/c1-6-19(7-2)17(3,4)16(18-5)15-13-11-9-8-10-12-14-15/h13,16,18H,6-12,14H2,1-5H3. The summed E-state index contributed by atoms with van der Waals surface area (Å²) in [6, 6.07) is 0.477. The molecule has 0 radical (unpaired) electrons. The van der Waals surface area contributed by atoms with Gasteiger partial charge < -0.3 is 5.32 Å². The lowest BCUT2D eigenvalue weighted by atomic mass is 9.83. The van der Waals surface area contributed by atoms with Crippen molar-refractivity contribution < 1.29 is 0 Å². The molecule has 0 saturated heterocycles. The molecule has 1 rings (SSSR count). The molecular weight excluding hydrogens is 232 g/mol. The summed E-state index contributed by atoms with van der Waals surface area (Å²) < 4.78 is 0. The van der Waals surface area contributed by atoms with Gasteiger partial charge in [0.1, 0.15) is 0 Å². The van der Waals surface area contributed by atoms with Crippen molar-refractivity contribution in [2.24, 2.45) is 0 Å². The fourth-order valence-corrected chi connectivity index (χ4v) is 3.69. The minimum Gasteiger partial charge on any atom is -0.312 e. The topological polar surface area (TPSA) is 15.3 Å². The lowest BCUT2D eigenvalue weighted by Gasteiger charge is -2.44. The molecule has 112 valence electrons. The number of likely N-dealkylation sites (N-methyl/N-ethyl adjacent to an activating group) is 2. The van der Waals surface area contributed by atoms with Crippen LogP contribution in [0, 0.1) is 0 Å². The van der Waals surface area contributed by atoms with Crippen molar-refractivity contribution in [1.29, 1.82) is 0 Å². The van der Waals surface area contributed by atoms with Crippen LogP contribution in [0.25, 0.3) is 0 Å². The molecule has 1 atom stereocenters.